The lowest BCUT2D eigenvalue weighted by Gasteiger charge is -2.33. The zero-order valence-corrected chi connectivity index (χ0v) is 24.3. The van der Waals surface area contributed by atoms with Crippen LogP contribution in [0.4, 0.5) is 13.2 Å². The monoisotopic (exact) mass is 618 g/mol. The molecular weight excluding hydrogens is 588 g/mol. The molecule has 4 rings (SSSR count). The molecule has 0 aromatic carbocycles. The van der Waals surface area contributed by atoms with Gasteiger partial charge in [-0.05, 0) is 51.9 Å². The van der Waals surface area contributed by atoms with E-state index in [9.17, 15) is 32.7 Å². The number of aliphatic carboxylic acids is 1. The number of nitrogens with zero attached hydrogens (tertiary/aromatic N) is 4. The van der Waals surface area contributed by atoms with Crippen molar-refractivity contribution in [1.29, 1.82) is 0 Å². The highest BCUT2D eigenvalue weighted by Gasteiger charge is 2.45. The van der Waals surface area contributed by atoms with Crippen LogP contribution in [0.1, 0.15) is 85.3 Å². The van der Waals surface area contributed by atoms with Gasteiger partial charge in [-0.15, -0.1) is 0 Å². The Morgan fingerprint density at radius 2 is 1.80 bits per heavy atom. The molecule has 2 aliphatic rings. The van der Waals surface area contributed by atoms with Crippen LogP contribution in [0.15, 0.2) is 18.6 Å². The van der Waals surface area contributed by atoms with E-state index in [0.29, 0.717) is 12.8 Å². The number of amides is 1. The number of rotatable bonds is 8. The Hall–Kier alpha value is -2.70. The second kappa shape index (κ2) is 11.9. The van der Waals surface area contributed by atoms with Gasteiger partial charge in [0.25, 0.3) is 5.91 Å². The van der Waals surface area contributed by atoms with Gasteiger partial charge in [0.1, 0.15) is 0 Å². The Balaban J connectivity index is 1.68. The van der Waals surface area contributed by atoms with Crippen molar-refractivity contribution in [2.24, 2.45) is 11.8 Å². The highest BCUT2D eigenvalue weighted by atomic mass is 35.5. The van der Waals surface area contributed by atoms with Crippen molar-refractivity contribution < 1.29 is 37.4 Å². The number of alkyl halides is 3. The van der Waals surface area contributed by atoms with Crippen LogP contribution < -0.4 is 0 Å². The minimum atomic E-state index is -4.95. The Kier molecular flexibility index (Phi) is 9.06. The molecule has 3 heterocycles. The smallest absolute Gasteiger partial charge is 0.433 e. The maximum Gasteiger partial charge on any atom is 0.433 e. The van der Waals surface area contributed by atoms with E-state index in [-0.39, 0.29) is 47.3 Å². The number of hydrogen-bond acceptors (Lipinski definition) is 6. The Bertz CT molecular complexity index is 1310. The van der Waals surface area contributed by atoms with Crippen molar-refractivity contribution in [3.8, 4) is 0 Å². The molecule has 1 aliphatic heterocycles. The van der Waals surface area contributed by atoms with Gasteiger partial charge in [-0.2, -0.15) is 18.3 Å². The van der Waals surface area contributed by atoms with Crippen LogP contribution in [0.2, 0.25) is 10.0 Å². The third-order valence-corrected chi connectivity index (χ3v) is 8.40. The summed E-state index contributed by atoms with van der Waals surface area (Å²) in [7, 11) is 0. The summed E-state index contributed by atoms with van der Waals surface area (Å²) < 4.78 is 50.3. The minimum Gasteiger partial charge on any atom is -0.481 e. The maximum absolute atomic E-state index is 14.5. The molecule has 14 heteroatoms. The molecular formula is C27H31Cl2F3N4O5. The van der Waals surface area contributed by atoms with Crippen molar-refractivity contribution >= 4 is 40.9 Å². The van der Waals surface area contributed by atoms with E-state index < -0.39 is 65.3 Å². The number of pyridine rings is 1. The molecule has 1 amide bonds. The molecule has 0 bridgehead atoms. The van der Waals surface area contributed by atoms with Gasteiger partial charge in [-0.3, -0.25) is 24.0 Å². The first-order chi connectivity index (χ1) is 19.1. The minimum absolute atomic E-state index is 0.0527. The number of carbonyl (C=O) groups is 3. The Morgan fingerprint density at radius 1 is 1.15 bits per heavy atom. The molecule has 41 heavy (non-hydrogen) atoms. The SMILES string of the molecule is C[C@H]1C[C@H](n2ncc(C(=O)N(CC(=O)c3c(Cl)cncc3Cl)C[C@@H]3CCC(C)(C)O3)c2C(F)(F)F)CC[C@H]1C(=O)O. The summed E-state index contributed by atoms with van der Waals surface area (Å²) in [5.41, 5.74) is -2.53. The fourth-order valence-electron chi connectivity index (χ4n) is 5.81. The topological polar surface area (TPSA) is 115 Å². The van der Waals surface area contributed by atoms with Crippen LogP contribution in [0.25, 0.3) is 0 Å². The van der Waals surface area contributed by atoms with Gasteiger partial charge in [-0.1, -0.05) is 30.1 Å². The van der Waals surface area contributed by atoms with Gasteiger partial charge in [0.2, 0.25) is 0 Å². The van der Waals surface area contributed by atoms with Crippen LogP contribution in [0.3, 0.4) is 0 Å². The first-order valence-electron chi connectivity index (χ1n) is 13.3. The summed E-state index contributed by atoms with van der Waals surface area (Å²) in [4.78, 5) is 43.4. The second-order valence-corrected chi connectivity index (χ2v) is 12.2. The number of carboxylic acids is 1. The highest BCUT2D eigenvalue weighted by molar-refractivity contribution is 6.39. The lowest BCUT2D eigenvalue weighted by atomic mass is 9.78. The molecule has 2 fully saturated rings. The number of hydrogen-bond donors (Lipinski definition) is 1. The summed E-state index contributed by atoms with van der Waals surface area (Å²) in [5, 5.41) is 13.3. The predicted molar refractivity (Wildman–Crippen MR) is 143 cm³/mol. The van der Waals surface area contributed by atoms with Gasteiger partial charge in [-0.25, -0.2) is 0 Å². The quantitative estimate of drug-likeness (QED) is 0.364. The molecule has 9 nitrogen and oxygen atoms in total. The van der Waals surface area contributed by atoms with Crippen molar-refractivity contribution in [1.82, 2.24) is 19.7 Å². The average molecular weight is 619 g/mol. The standard InChI is InChI=1S/C27H31Cl2F3N4O5/c1-14-8-15(4-5-17(14)25(39)40)36-23(27(30,31)32)18(9-34-36)24(38)35(12-16-6-7-26(2,3)41-16)13-21(37)22-19(28)10-33-11-20(22)29/h9-11,14-17H,4-8,12-13H2,1-3H3,(H,39,40)/t14-,15+,16-,17+/m0/s1. The largest absolute Gasteiger partial charge is 0.481 e. The van der Waals surface area contributed by atoms with Crippen molar-refractivity contribution in [3.05, 3.63) is 45.5 Å². The van der Waals surface area contributed by atoms with Crippen LogP contribution in [0.5, 0.6) is 0 Å². The van der Waals surface area contributed by atoms with E-state index in [0.717, 1.165) is 15.8 Å². The number of aromatic nitrogens is 3. The fourth-order valence-corrected chi connectivity index (χ4v) is 6.38. The van der Waals surface area contributed by atoms with Gasteiger partial charge < -0.3 is 14.7 Å². The highest BCUT2D eigenvalue weighted by Crippen LogP contribution is 2.41. The van der Waals surface area contributed by atoms with Crippen LogP contribution in [-0.2, 0) is 15.7 Å². The third-order valence-electron chi connectivity index (χ3n) is 7.83. The summed E-state index contributed by atoms with van der Waals surface area (Å²) in [5.74, 6) is -3.76. The van der Waals surface area contributed by atoms with Crippen LogP contribution in [0, 0.1) is 11.8 Å². The number of ether oxygens (including phenoxy) is 1. The second-order valence-electron chi connectivity index (χ2n) is 11.4. The molecule has 1 aliphatic carbocycles. The van der Waals surface area contributed by atoms with E-state index >= 15 is 0 Å². The van der Waals surface area contributed by atoms with E-state index in [1.807, 2.05) is 13.8 Å². The van der Waals surface area contributed by atoms with Gasteiger partial charge in [0.05, 0.1) is 57.6 Å². The first kappa shape index (κ1) is 31.2. The molecule has 2 aromatic heterocycles. The average Bonchev–Trinajstić information content (AvgIpc) is 3.46. The van der Waals surface area contributed by atoms with Gasteiger partial charge in [0.15, 0.2) is 11.5 Å². The number of halogens is 5. The van der Waals surface area contributed by atoms with E-state index in [1.165, 1.54) is 12.4 Å². The Morgan fingerprint density at radius 3 is 2.34 bits per heavy atom. The predicted octanol–water partition coefficient (Wildman–Crippen LogP) is 5.95. The summed E-state index contributed by atoms with van der Waals surface area (Å²) in [6.45, 7) is 4.67. The lowest BCUT2D eigenvalue weighted by molar-refractivity contribution is -0.149. The fraction of sp³-hybridized carbons (Fsp3) is 0.593. The van der Waals surface area contributed by atoms with Crippen LogP contribution >= 0.6 is 23.2 Å². The first-order valence-corrected chi connectivity index (χ1v) is 14.0. The van der Waals surface area contributed by atoms with Gasteiger partial charge >= 0.3 is 12.1 Å². The van der Waals surface area contributed by atoms with E-state index in [2.05, 4.69) is 10.1 Å². The number of ketones is 1. The molecule has 2 aromatic rings. The zero-order chi connectivity index (χ0) is 30.3. The lowest BCUT2D eigenvalue weighted by Crippen LogP contribution is -2.42. The van der Waals surface area contributed by atoms with Crippen molar-refractivity contribution in [2.45, 2.75) is 76.8 Å². The van der Waals surface area contributed by atoms with Crippen LogP contribution in [-0.4, -0.2) is 67.2 Å². The molecule has 0 radical (unpaired) electrons. The third kappa shape index (κ3) is 6.86. The van der Waals surface area contributed by atoms with Crippen molar-refractivity contribution in [2.75, 3.05) is 13.1 Å². The summed E-state index contributed by atoms with van der Waals surface area (Å²) >= 11 is 12.3. The molecule has 1 N–H and O–H groups in total. The van der Waals surface area contributed by atoms with Crippen molar-refractivity contribution in [3.63, 3.8) is 0 Å². The normalized spacial score (nSPS) is 24.3. The summed E-state index contributed by atoms with van der Waals surface area (Å²) in [6.07, 6.45) is -0.478. The summed E-state index contributed by atoms with van der Waals surface area (Å²) in [6, 6.07) is -0.748. The molecule has 1 saturated carbocycles. The van der Waals surface area contributed by atoms with E-state index in [4.69, 9.17) is 27.9 Å². The molecule has 4 atom stereocenters. The number of carbonyl (C=O) groups excluding carboxylic acids is 2. The molecule has 224 valence electrons. The molecule has 1 saturated heterocycles. The maximum atomic E-state index is 14.5. The molecule has 0 spiro atoms. The van der Waals surface area contributed by atoms with E-state index in [1.54, 1.807) is 6.92 Å². The molecule has 0 unspecified atom stereocenters. The Labute approximate surface area is 244 Å². The van der Waals surface area contributed by atoms with Gasteiger partial charge in [0, 0.05) is 18.9 Å². The zero-order valence-electron chi connectivity index (χ0n) is 22.8. The number of Topliss-reactive ketones (excluding diaryl/α,β-unsaturated/α-hetero) is 1. The number of carboxylic acid groups (broad SMARTS) is 1.